The molecule has 0 radical (unpaired) electrons. The number of rotatable bonds is 7. The molecule has 0 saturated heterocycles. The third kappa shape index (κ3) is 4.66. The first-order valence-electron chi connectivity index (χ1n) is 11.3. The number of nitrogens with zero attached hydrogens (tertiary/aromatic N) is 3. The average molecular weight is 518 g/mol. The summed E-state index contributed by atoms with van der Waals surface area (Å²) in [5, 5.41) is 2.86. The molecular weight excluding hydrogens is 492 g/mol. The van der Waals surface area contributed by atoms with Crippen molar-refractivity contribution in [3.05, 3.63) is 64.6 Å². The predicted molar refractivity (Wildman–Crippen MR) is 132 cm³/mol. The van der Waals surface area contributed by atoms with E-state index in [-0.39, 0.29) is 39.8 Å². The number of hydrogen-bond acceptors (Lipinski definition) is 5. The quantitative estimate of drug-likeness (QED) is 0.491. The molecule has 1 saturated carbocycles. The van der Waals surface area contributed by atoms with Crippen molar-refractivity contribution < 1.29 is 23.1 Å². The zero-order valence-electron chi connectivity index (χ0n) is 20.0. The zero-order valence-corrected chi connectivity index (χ0v) is 20.8. The van der Waals surface area contributed by atoms with Crippen LogP contribution >= 0.6 is 11.6 Å². The molecule has 8 nitrogen and oxygen atoms in total. The van der Waals surface area contributed by atoms with Crippen LogP contribution in [0.5, 0.6) is 5.75 Å². The number of ether oxygens (including phenoxy) is 1. The third-order valence-corrected chi connectivity index (χ3v) is 6.92. The lowest BCUT2D eigenvalue weighted by Gasteiger charge is -2.40. The molecule has 0 spiro atoms. The molecule has 11 heteroatoms. The highest BCUT2D eigenvalue weighted by atomic mass is 35.5. The number of methoxy groups -OCH3 is 1. The van der Waals surface area contributed by atoms with Crippen molar-refractivity contribution in [3.63, 3.8) is 0 Å². The molecule has 36 heavy (non-hydrogen) atoms. The Bertz CT molecular complexity index is 1320. The lowest BCUT2D eigenvalue weighted by Crippen LogP contribution is -2.47. The summed E-state index contributed by atoms with van der Waals surface area (Å²) in [5.41, 5.74) is 6.48. The Morgan fingerprint density at radius 2 is 1.97 bits per heavy atom. The van der Waals surface area contributed by atoms with Gasteiger partial charge in [0.15, 0.2) is 17.4 Å². The van der Waals surface area contributed by atoms with Gasteiger partial charge >= 0.3 is 0 Å². The number of imidazole rings is 1. The second-order valence-electron chi connectivity index (χ2n) is 8.76. The molecule has 1 fully saturated rings. The smallest absolute Gasteiger partial charge is 0.291 e. The van der Waals surface area contributed by atoms with Gasteiger partial charge in [-0.15, -0.1) is 0 Å². The standard InChI is InChI=1S/C25H26ClF2N5O3/c1-32(15-8-13(9-15)11-29)25(35)16-5-4-14(10-18(16)26)31-24(34)23-30-12-19(33(23)2)17-6-7-20(36-3)22(28)21(17)27/h4-7,10,12-13,15H,8-9,11,29H2,1-3H3,(H,31,34). The Morgan fingerprint density at radius 1 is 1.25 bits per heavy atom. The highest BCUT2D eigenvalue weighted by Gasteiger charge is 2.34. The Kier molecular flexibility index (Phi) is 7.28. The summed E-state index contributed by atoms with van der Waals surface area (Å²) in [4.78, 5) is 31.5. The molecule has 1 heterocycles. The van der Waals surface area contributed by atoms with Crippen molar-refractivity contribution in [1.29, 1.82) is 0 Å². The molecular formula is C25H26ClF2N5O3. The number of anilines is 1. The minimum atomic E-state index is -1.13. The minimum absolute atomic E-state index is 0.0314. The number of halogens is 3. The largest absolute Gasteiger partial charge is 0.494 e. The van der Waals surface area contributed by atoms with Crippen molar-refractivity contribution in [2.24, 2.45) is 18.7 Å². The van der Waals surface area contributed by atoms with Crippen LogP contribution in [0.15, 0.2) is 36.5 Å². The first kappa shape index (κ1) is 25.6. The fourth-order valence-electron chi connectivity index (χ4n) is 4.28. The van der Waals surface area contributed by atoms with Crippen molar-refractivity contribution in [2.75, 3.05) is 26.0 Å². The maximum Gasteiger partial charge on any atom is 0.291 e. The van der Waals surface area contributed by atoms with E-state index in [0.717, 1.165) is 12.8 Å². The van der Waals surface area contributed by atoms with Gasteiger partial charge in [0, 0.05) is 31.4 Å². The van der Waals surface area contributed by atoms with Crippen molar-refractivity contribution in [3.8, 4) is 17.0 Å². The van der Waals surface area contributed by atoms with Gasteiger partial charge in [-0.25, -0.2) is 9.37 Å². The molecule has 1 aromatic heterocycles. The van der Waals surface area contributed by atoms with Crippen molar-refractivity contribution in [2.45, 2.75) is 18.9 Å². The SMILES string of the molecule is COc1ccc(-c2cnc(C(=O)Nc3ccc(C(=O)N(C)C4CC(CN)C4)c(Cl)c3)n2C)c(F)c1F. The Labute approximate surface area is 212 Å². The van der Waals surface area contributed by atoms with Crippen LogP contribution in [0.25, 0.3) is 11.3 Å². The summed E-state index contributed by atoms with van der Waals surface area (Å²) in [6, 6.07) is 7.37. The van der Waals surface area contributed by atoms with Crippen LogP contribution in [0.2, 0.25) is 5.02 Å². The van der Waals surface area contributed by atoms with Gasteiger partial charge < -0.3 is 25.3 Å². The first-order chi connectivity index (χ1) is 17.2. The van der Waals surface area contributed by atoms with E-state index in [2.05, 4.69) is 10.3 Å². The summed E-state index contributed by atoms with van der Waals surface area (Å²) in [5.74, 6) is -2.86. The predicted octanol–water partition coefficient (Wildman–Crippen LogP) is 4.09. The third-order valence-electron chi connectivity index (χ3n) is 6.60. The van der Waals surface area contributed by atoms with Crippen molar-refractivity contribution >= 4 is 29.1 Å². The summed E-state index contributed by atoms with van der Waals surface area (Å²) in [6.07, 6.45) is 3.01. The second-order valence-corrected chi connectivity index (χ2v) is 9.17. The van der Waals surface area contributed by atoms with E-state index in [0.29, 0.717) is 23.7 Å². The van der Waals surface area contributed by atoms with Gasteiger partial charge in [-0.05, 0) is 55.6 Å². The van der Waals surface area contributed by atoms with E-state index in [1.54, 1.807) is 24.1 Å². The van der Waals surface area contributed by atoms with E-state index < -0.39 is 17.5 Å². The van der Waals surface area contributed by atoms with E-state index in [4.69, 9.17) is 22.1 Å². The number of nitrogens with two attached hydrogens (primary N) is 1. The number of carbonyl (C=O) groups is 2. The van der Waals surface area contributed by atoms with Crippen LogP contribution in [-0.2, 0) is 7.05 Å². The van der Waals surface area contributed by atoms with E-state index >= 15 is 0 Å². The van der Waals surface area contributed by atoms with Crippen LogP contribution in [0.4, 0.5) is 14.5 Å². The van der Waals surface area contributed by atoms with Gasteiger partial charge in [-0.1, -0.05) is 11.6 Å². The first-order valence-corrected chi connectivity index (χ1v) is 11.7. The highest BCUT2D eigenvalue weighted by Crippen LogP contribution is 2.33. The van der Waals surface area contributed by atoms with E-state index in [1.165, 1.54) is 43.1 Å². The average Bonchev–Trinajstić information content (AvgIpc) is 3.20. The molecule has 0 unspecified atom stereocenters. The van der Waals surface area contributed by atoms with Gasteiger partial charge in [0.1, 0.15) is 0 Å². The Hall–Kier alpha value is -3.50. The number of aromatic nitrogens is 2. The summed E-state index contributed by atoms with van der Waals surface area (Å²) >= 11 is 6.36. The maximum atomic E-state index is 14.5. The lowest BCUT2D eigenvalue weighted by atomic mass is 9.79. The van der Waals surface area contributed by atoms with Crippen LogP contribution in [0, 0.1) is 17.6 Å². The fourth-order valence-corrected chi connectivity index (χ4v) is 4.54. The van der Waals surface area contributed by atoms with Crippen molar-refractivity contribution in [1.82, 2.24) is 14.5 Å². The Morgan fingerprint density at radius 3 is 2.61 bits per heavy atom. The summed E-state index contributed by atoms with van der Waals surface area (Å²) in [7, 11) is 4.49. The molecule has 3 aromatic rings. The second kappa shape index (κ2) is 10.2. The summed E-state index contributed by atoms with van der Waals surface area (Å²) in [6.45, 7) is 0.608. The number of hydrogen-bond donors (Lipinski definition) is 2. The van der Waals surface area contributed by atoms with E-state index in [9.17, 15) is 18.4 Å². The number of benzene rings is 2. The molecule has 0 aliphatic heterocycles. The highest BCUT2D eigenvalue weighted by molar-refractivity contribution is 6.34. The topological polar surface area (TPSA) is 102 Å². The number of carbonyl (C=O) groups excluding carboxylic acids is 2. The van der Waals surface area contributed by atoms with Crippen LogP contribution < -0.4 is 15.8 Å². The molecule has 3 N–H and O–H groups in total. The molecule has 0 atom stereocenters. The van der Waals surface area contributed by atoms with Crippen LogP contribution in [-0.4, -0.2) is 53.0 Å². The molecule has 190 valence electrons. The molecule has 4 rings (SSSR count). The van der Waals surface area contributed by atoms with Gasteiger partial charge in [-0.2, -0.15) is 4.39 Å². The van der Waals surface area contributed by atoms with E-state index in [1.807, 2.05) is 0 Å². The molecule has 1 aliphatic rings. The molecule has 0 bridgehead atoms. The fraction of sp³-hybridized carbons (Fsp3) is 0.320. The minimum Gasteiger partial charge on any atom is -0.494 e. The summed E-state index contributed by atoms with van der Waals surface area (Å²) < 4.78 is 34.8. The van der Waals surface area contributed by atoms with Crippen LogP contribution in [0.3, 0.4) is 0 Å². The Balaban J connectivity index is 1.49. The van der Waals surface area contributed by atoms with Gasteiger partial charge in [0.05, 0.1) is 29.6 Å². The monoisotopic (exact) mass is 517 g/mol. The number of nitrogens with one attached hydrogen (secondary N) is 1. The van der Waals surface area contributed by atoms with Crippen LogP contribution in [0.1, 0.15) is 33.8 Å². The zero-order chi connectivity index (χ0) is 26.1. The molecule has 1 aliphatic carbocycles. The maximum absolute atomic E-state index is 14.5. The normalized spacial score (nSPS) is 16.9. The van der Waals surface area contributed by atoms with Gasteiger partial charge in [0.2, 0.25) is 5.82 Å². The van der Waals surface area contributed by atoms with Gasteiger partial charge in [0.25, 0.3) is 11.8 Å². The number of amides is 2. The molecule has 2 aromatic carbocycles. The molecule has 2 amide bonds. The van der Waals surface area contributed by atoms with Gasteiger partial charge in [-0.3, -0.25) is 9.59 Å². The lowest BCUT2D eigenvalue weighted by molar-refractivity contribution is 0.0559.